The second-order valence-electron chi connectivity index (χ2n) is 6.22. The topological polar surface area (TPSA) is 129 Å². The van der Waals surface area contributed by atoms with Crippen molar-refractivity contribution in [3.05, 3.63) is 11.3 Å². The van der Waals surface area contributed by atoms with Crippen molar-refractivity contribution in [1.29, 1.82) is 0 Å². The minimum Gasteiger partial charge on any atom is -0.444 e. The minimum atomic E-state index is -0.576. The summed E-state index contributed by atoms with van der Waals surface area (Å²) < 4.78 is 5.36. The van der Waals surface area contributed by atoms with Gasteiger partial charge in [0.25, 0.3) is 0 Å². The summed E-state index contributed by atoms with van der Waals surface area (Å²) in [5.74, 6) is 0.325. The molecule has 0 bridgehead atoms. The largest absolute Gasteiger partial charge is 0.444 e. The number of amides is 3. The highest BCUT2D eigenvalue weighted by atomic mass is 16.6. The molecule has 0 radical (unpaired) electrons. The van der Waals surface area contributed by atoms with Gasteiger partial charge in [-0.05, 0) is 20.8 Å². The normalized spacial score (nSPS) is 13.5. The van der Waals surface area contributed by atoms with Gasteiger partial charge in [0, 0.05) is 24.2 Å². The van der Waals surface area contributed by atoms with Crippen LogP contribution in [0.25, 0.3) is 0 Å². The Labute approximate surface area is 138 Å². The minimum absolute atomic E-state index is 0.175. The molecule has 0 aliphatic carbocycles. The summed E-state index contributed by atoms with van der Waals surface area (Å²) >= 11 is 0. The van der Waals surface area contributed by atoms with Crippen molar-refractivity contribution in [2.75, 3.05) is 18.5 Å². The average Bonchev–Trinajstić information content (AvgIpc) is 2.88. The van der Waals surface area contributed by atoms with Crippen molar-refractivity contribution in [3.8, 4) is 0 Å². The van der Waals surface area contributed by atoms with E-state index in [2.05, 4.69) is 25.8 Å². The van der Waals surface area contributed by atoms with Gasteiger partial charge in [-0.2, -0.15) is 10.1 Å². The first-order valence-corrected chi connectivity index (χ1v) is 7.42. The Balaban J connectivity index is 2.02. The van der Waals surface area contributed by atoms with Crippen LogP contribution in [-0.2, 0) is 22.5 Å². The number of hydrogen-bond acceptors (Lipinski definition) is 6. The number of H-pyrrole nitrogens is 1. The van der Waals surface area contributed by atoms with Gasteiger partial charge >= 0.3 is 12.1 Å². The maximum absolute atomic E-state index is 12.2. The van der Waals surface area contributed by atoms with E-state index < -0.39 is 17.7 Å². The maximum atomic E-state index is 12.2. The second-order valence-corrected chi connectivity index (χ2v) is 6.22. The average molecular weight is 336 g/mol. The third-order valence-electron chi connectivity index (χ3n) is 3.20. The highest BCUT2D eigenvalue weighted by molar-refractivity contribution is 5.89. The molecule has 10 nitrogen and oxygen atoms in total. The lowest BCUT2D eigenvalue weighted by molar-refractivity contribution is 0.0224. The molecule has 0 aromatic carbocycles. The molecule has 2 heterocycles. The van der Waals surface area contributed by atoms with Crippen molar-refractivity contribution in [2.24, 2.45) is 4.99 Å². The van der Waals surface area contributed by atoms with Crippen LogP contribution >= 0.6 is 0 Å². The van der Waals surface area contributed by atoms with Crippen LogP contribution in [0.5, 0.6) is 0 Å². The van der Waals surface area contributed by atoms with Crippen LogP contribution in [0, 0.1) is 0 Å². The van der Waals surface area contributed by atoms with Crippen LogP contribution in [-0.4, -0.2) is 52.1 Å². The SMILES string of the molecule is CC(C)(C)OC(=O)N1CCc2[nH]nc(NC(=O)NCN=C=O)c2C1. The Morgan fingerprint density at radius 3 is 2.88 bits per heavy atom. The number of nitrogens with one attached hydrogen (secondary N) is 3. The lowest BCUT2D eigenvalue weighted by Crippen LogP contribution is -2.40. The molecule has 0 saturated carbocycles. The van der Waals surface area contributed by atoms with Gasteiger partial charge < -0.3 is 15.0 Å². The third kappa shape index (κ3) is 4.56. The lowest BCUT2D eigenvalue weighted by Gasteiger charge is -2.30. The van der Waals surface area contributed by atoms with Gasteiger partial charge in [0.2, 0.25) is 6.08 Å². The van der Waals surface area contributed by atoms with E-state index in [-0.39, 0.29) is 13.2 Å². The first-order chi connectivity index (χ1) is 11.3. The standard InChI is InChI=1S/C14H20N6O4/c1-14(2,3)24-13(23)20-5-4-10-9(6-20)11(19-18-10)17-12(22)16-7-15-8-21/h4-7H2,1-3H3,(H3,16,17,18,19,22). The lowest BCUT2D eigenvalue weighted by atomic mass is 10.1. The predicted molar refractivity (Wildman–Crippen MR) is 84.1 cm³/mol. The maximum Gasteiger partial charge on any atom is 0.410 e. The van der Waals surface area contributed by atoms with E-state index in [0.29, 0.717) is 18.8 Å². The van der Waals surface area contributed by atoms with Crippen molar-refractivity contribution in [1.82, 2.24) is 20.4 Å². The molecule has 1 aliphatic heterocycles. The fourth-order valence-corrected chi connectivity index (χ4v) is 2.18. The summed E-state index contributed by atoms with van der Waals surface area (Å²) in [7, 11) is 0. The van der Waals surface area contributed by atoms with Crippen LogP contribution in [0.4, 0.5) is 15.4 Å². The number of isocyanates is 1. The number of carbonyl (C=O) groups is 2. The number of aliphatic imine (C=N–C) groups is 1. The second kappa shape index (κ2) is 7.14. The smallest absolute Gasteiger partial charge is 0.410 e. The number of urea groups is 1. The number of nitrogens with zero attached hydrogens (tertiary/aromatic N) is 3. The molecule has 0 atom stereocenters. The van der Waals surface area contributed by atoms with Gasteiger partial charge in [-0.1, -0.05) is 0 Å². The Bertz CT molecular complexity index is 671. The van der Waals surface area contributed by atoms with Crippen molar-refractivity contribution < 1.29 is 19.1 Å². The van der Waals surface area contributed by atoms with E-state index in [4.69, 9.17) is 4.74 Å². The Kier molecular flexibility index (Phi) is 5.20. The van der Waals surface area contributed by atoms with E-state index in [1.54, 1.807) is 25.7 Å². The Hall–Kier alpha value is -2.87. The molecule has 0 fully saturated rings. The van der Waals surface area contributed by atoms with E-state index in [0.717, 1.165) is 11.3 Å². The Morgan fingerprint density at radius 2 is 2.21 bits per heavy atom. The molecule has 3 N–H and O–H groups in total. The quantitative estimate of drug-likeness (QED) is 0.562. The fourth-order valence-electron chi connectivity index (χ4n) is 2.18. The Morgan fingerprint density at radius 1 is 1.46 bits per heavy atom. The molecule has 0 spiro atoms. The van der Waals surface area contributed by atoms with Gasteiger partial charge in [-0.15, -0.1) is 0 Å². The van der Waals surface area contributed by atoms with E-state index >= 15 is 0 Å². The van der Waals surface area contributed by atoms with Crippen LogP contribution in [0.3, 0.4) is 0 Å². The predicted octanol–water partition coefficient (Wildman–Crippen LogP) is 1.12. The van der Waals surface area contributed by atoms with E-state index in [9.17, 15) is 14.4 Å². The number of ether oxygens (including phenoxy) is 1. The summed E-state index contributed by atoms with van der Waals surface area (Å²) in [5, 5.41) is 11.8. The number of hydrogen-bond donors (Lipinski definition) is 3. The van der Waals surface area contributed by atoms with Gasteiger partial charge in [0.1, 0.15) is 12.3 Å². The number of carbonyl (C=O) groups excluding carboxylic acids is 3. The summed E-state index contributed by atoms with van der Waals surface area (Å²) in [6.45, 7) is 6.02. The van der Waals surface area contributed by atoms with Crippen molar-refractivity contribution in [2.45, 2.75) is 39.3 Å². The van der Waals surface area contributed by atoms with Crippen molar-refractivity contribution in [3.63, 3.8) is 0 Å². The molecule has 1 aromatic heterocycles. The van der Waals surface area contributed by atoms with Crippen molar-refractivity contribution >= 4 is 24.0 Å². The summed E-state index contributed by atoms with van der Waals surface area (Å²) in [6.07, 6.45) is 1.49. The van der Waals surface area contributed by atoms with E-state index in [1.165, 1.54) is 6.08 Å². The van der Waals surface area contributed by atoms with Crippen LogP contribution < -0.4 is 10.6 Å². The highest BCUT2D eigenvalue weighted by Gasteiger charge is 2.28. The molecule has 130 valence electrons. The fraction of sp³-hybridized carbons (Fsp3) is 0.571. The monoisotopic (exact) mass is 336 g/mol. The zero-order valence-electron chi connectivity index (χ0n) is 13.8. The molecule has 0 unspecified atom stereocenters. The van der Waals surface area contributed by atoms with Crippen LogP contribution in [0.2, 0.25) is 0 Å². The summed E-state index contributed by atoms with van der Waals surface area (Å²) in [5.41, 5.74) is 1.01. The molecule has 24 heavy (non-hydrogen) atoms. The first kappa shape index (κ1) is 17.5. The van der Waals surface area contributed by atoms with E-state index in [1.807, 2.05) is 0 Å². The number of aromatic amines is 1. The zero-order valence-corrected chi connectivity index (χ0v) is 13.8. The third-order valence-corrected chi connectivity index (χ3v) is 3.20. The summed E-state index contributed by atoms with van der Waals surface area (Å²) in [6, 6.07) is -0.558. The molecular formula is C14H20N6O4. The highest BCUT2D eigenvalue weighted by Crippen LogP contribution is 2.25. The van der Waals surface area contributed by atoms with Crippen LogP contribution in [0.1, 0.15) is 32.0 Å². The van der Waals surface area contributed by atoms with Crippen LogP contribution in [0.15, 0.2) is 4.99 Å². The van der Waals surface area contributed by atoms with Gasteiger partial charge in [0.15, 0.2) is 5.82 Å². The molecule has 10 heteroatoms. The number of rotatable bonds is 3. The number of anilines is 1. The molecule has 1 aliphatic rings. The number of aromatic nitrogens is 2. The molecule has 3 amide bonds. The molecule has 1 aromatic rings. The molecular weight excluding hydrogens is 316 g/mol. The number of fused-ring (bicyclic) bond motifs is 1. The molecule has 0 saturated heterocycles. The summed E-state index contributed by atoms with van der Waals surface area (Å²) in [4.78, 5) is 38.6. The zero-order chi connectivity index (χ0) is 17.7. The molecule has 2 rings (SSSR count). The first-order valence-electron chi connectivity index (χ1n) is 7.42. The van der Waals surface area contributed by atoms with Gasteiger partial charge in [-0.25, -0.2) is 14.4 Å². The van der Waals surface area contributed by atoms with Gasteiger partial charge in [0.05, 0.1) is 6.54 Å². The van der Waals surface area contributed by atoms with Gasteiger partial charge in [-0.3, -0.25) is 10.4 Å².